The summed E-state index contributed by atoms with van der Waals surface area (Å²) < 4.78 is 11.0. The summed E-state index contributed by atoms with van der Waals surface area (Å²) in [5, 5.41) is 32.9. The molecule has 28 heavy (non-hydrogen) atoms. The first-order chi connectivity index (χ1) is 13.5. The summed E-state index contributed by atoms with van der Waals surface area (Å²) in [4.78, 5) is 10.7. The molecule has 2 aromatic rings. The maximum Gasteiger partial charge on any atom is 0.183 e. The Kier molecular flexibility index (Phi) is 6.74. The first-order valence-electron chi connectivity index (χ1n) is 9.33. The highest BCUT2D eigenvalue weighted by atomic mass is 16.6. The van der Waals surface area contributed by atoms with Crippen molar-refractivity contribution in [3.05, 3.63) is 69.6 Å². The van der Waals surface area contributed by atoms with Gasteiger partial charge in [0.1, 0.15) is 24.5 Å². The summed E-state index contributed by atoms with van der Waals surface area (Å²) in [6, 6.07) is 13.9. The Morgan fingerprint density at radius 2 is 1.68 bits per heavy atom. The van der Waals surface area contributed by atoms with E-state index in [4.69, 9.17) is 9.47 Å². The number of fused-ring (bicyclic) bond motifs is 1. The lowest BCUT2D eigenvalue weighted by molar-refractivity contribution is -0.200. The summed E-state index contributed by atoms with van der Waals surface area (Å²) >= 11 is 0. The lowest BCUT2D eigenvalue weighted by Crippen LogP contribution is -2.48. The largest absolute Gasteiger partial charge is 0.485 e. The second-order valence-electron chi connectivity index (χ2n) is 6.94. The SMILES string of the molecule is CCc1ccc(Cc2ccc3c(c2)OC(CN=O)[C@@H](O)[C@@H](O)C(O)OC3)cc1. The van der Waals surface area contributed by atoms with Crippen molar-refractivity contribution in [2.75, 3.05) is 6.54 Å². The van der Waals surface area contributed by atoms with E-state index in [0.717, 1.165) is 17.5 Å². The van der Waals surface area contributed by atoms with Crippen molar-refractivity contribution in [1.29, 1.82) is 0 Å². The fraction of sp³-hybridized carbons (Fsp3) is 0.429. The van der Waals surface area contributed by atoms with Crippen molar-refractivity contribution >= 4 is 0 Å². The van der Waals surface area contributed by atoms with Crippen LogP contribution in [0.25, 0.3) is 0 Å². The molecule has 0 saturated carbocycles. The Labute approximate surface area is 163 Å². The smallest absolute Gasteiger partial charge is 0.183 e. The van der Waals surface area contributed by atoms with E-state index in [1.165, 1.54) is 5.56 Å². The van der Waals surface area contributed by atoms with E-state index in [0.29, 0.717) is 17.7 Å². The van der Waals surface area contributed by atoms with E-state index in [1.807, 2.05) is 18.2 Å². The first-order valence-corrected chi connectivity index (χ1v) is 9.33. The monoisotopic (exact) mass is 387 g/mol. The average Bonchev–Trinajstić information content (AvgIpc) is 2.75. The van der Waals surface area contributed by atoms with Crippen molar-refractivity contribution in [1.82, 2.24) is 0 Å². The van der Waals surface area contributed by atoms with Crippen LogP contribution < -0.4 is 4.74 Å². The van der Waals surface area contributed by atoms with Crippen molar-refractivity contribution in [2.24, 2.45) is 5.18 Å². The number of ether oxygens (including phenoxy) is 2. The molecule has 150 valence electrons. The third-order valence-electron chi connectivity index (χ3n) is 4.94. The lowest BCUT2D eigenvalue weighted by atomic mass is 10.0. The van der Waals surface area contributed by atoms with Gasteiger partial charge in [0, 0.05) is 5.56 Å². The first kappa shape index (κ1) is 20.4. The zero-order valence-corrected chi connectivity index (χ0v) is 15.7. The van der Waals surface area contributed by atoms with Crippen molar-refractivity contribution < 1.29 is 24.8 Å². The van der Waals surface area contributed by atoms with Crippen molar-refractivity contribution in [3.8, 4) is 5.75 Å². The van der Waals surface area contributed by atoms with E-state index < -0.39 is 24.6 Å². The number of aliphatic hydroxyl groups excluding tert-OH is 3. The number of hydrogen-bond acceptors (Lipinski definition) is 7. The Balaban J connectivity index is 1.86. The molecule has 0 fully saturated rings. The molecule has 7 nitrogen and oxygen atoms in total. The molecular formula is C21H25NO6. The van der Waals surface area contributed by atoms with Gasteiger partial charge in [0.05, 0.1) is 6.61 Å². The minimum atomic E-state index is -1.61. The number of rotatable bonds is 5. The van der Waals surface area contributed by atoms with Gasteiger partial charge < -0.3 is 24.8 Å². The Bertz CT molecular complexity index is 794. The molecule has 0 spiro atoms. The summed E-state index contributed by atoms with van der Waals surface area (Å²) in [7, 11) is 0. The number of benzene rings is 2. The fourth-order valence-electron chi connectivity index (χ4n) is 3.18. The van der Waals surface area contributed by atoms with Gasteiger partial charge in [0.25, 0.3) is 0 Å². The van der Waals surface area contributed by atoms with Crippen LogP contribution in [0.1, 0.15) is 29.2 Å². The van der Waals surface area contributed by atoms with Crippen LogP contribution in [0.4, 0.5) is 0 Å². The van der Waals surface area contributed by atoms with Crippen molar-refractivity contribution in [2.45, 2.75) is 51.0 Å². The zero-order chi connectivity index (χ0) is 20.1. The van der Waals surface area contributed by atoms with Gasteiger partial charge >= 0.3 is 0 Å². The summed E-state index contributed by atoms with van der Waals surface area (Å²) in [5.41, 5.74) is 4.04. The van der Waals surface area contributed by atoms with Crippen LogP contribution in [0, 0.1) is 4.91 Å². The van der Waals surface area contributed by atoms with Gasteiger partial charge in [-0.1, -0.05) is 48.5 Å². The van der Waals surface area contributed by atoms with Gasteiger partial charge in [-0.2, -0.15) is 4.91 Å². The average molecular weight is 387 g/mol. The molecule has 0 amide bonds. The van der Waals surface area contributed by atoms with Crippen molar-refractivity contribution in [3.63, 3.8) is 0 Å². The highest BCUT2D eigenvalue weighted by Gasteiger charge is 2.35. The van der Waals surface area contributed by atoms with Gasteiger partial charge in [-0.25, -0.2) is 0 Å². The van der Waals surface area contributed by atoms with Gasteiger partial charge in [-0.05, 0) is 35.6 Å². The topological polar surface area (TPSA) is 109 Å². The van der Waals surface area contributed by atoms with Crippen LogP contribution in [0.15, 0.2) is 47.6 Å². The van der Waals surface area contributed by atoms with Crippen LogP contribution in [0.3, 0.4) is 0 Å². The van der Waals surface area contributed by atoms with Crippen LogP contribution in [0.5, 0.6) is 5.75 Å². The molecule has 1 heterocycles. The van der Waals surface area contributed by atoms with Crippen LogP contribution in [0.2, 0.25) is 0 Å². The third kappa shape index (κ3) is 4.74. The Hall–Kier alpha value is -2.32. The normalized spacial score (nSPS) is 25.0. The van der Waals surface area contributed by atoms with Crippen LogP contribution in [-0.4, -0.2) is 46.5 Å². The highest BCUT2D eigenvalue weighted by Crippen LogP contribution is 2.28. The maximum atomic E-state index is 10.7. The maximum absolute atomic E-state index is 10.7. The minimum absolute atomic E-state index is 0.00695. The molecule has 1 aliphatic heterocycles. The minimum Gasteiger partial charge on any atom is -0.485 e. The van der Waals surface area contributed by atoms with Crippen LogP contribution in [-0.2, 0) is 24.2 Å². The van der Waals surface area contributed by atoms with Gasteiger partial charge in [-0.15, -0.1) is 0 Å². The number of nitrogens with zero attached hydrogens (tertiary/aromatic N) is 1. The number of hydrogen-bond donors (Lipinski definition) is 3. The second kappa shape index (κ2) is 9.25. The molecule has 2 unspecified atom stereocenters. The van der Waals surface area contributed by atoms with E-state index in [9.17, 15) is 20.2 Å². The molecule has 4 atom stereocenters. The molecule has 0 bridgehead atoms. The molecule has 0 radical (unpaired) electrons. The summed E-state index contributed by atoms with van der Waals surface area (Å²) in [5.74, 6) is 0.427. The predicted octanol–water partition coefficient (Wildman–Crippen LogP) is 1.92. The molecular weight excluding hydrogens is 362 g/mol. The van der Waals surface area contributed by atoms with Gasteiger partial charge in [0.2, 0.25) is 0 Å². The quantitative estimate of drug-likeness (QED) is 0.677. The molecule has 3 N–H and O–H groups in total. The number of aryl methyl sites for hydroxylation is 1. The Morgan fingerprint density at radius 3 is 2.36 bits per heavy atom. The number of nitroso groups, excluding NO2 is 1. The van der Waals surface area contributed by atoms with Crippen LogP contribution >= 0.6 is 0 Å². The summed E-state index contributed by atoms with van der Waals surface area (Å²) in [6.45, 7) is 1.74. The standard InChI is InChI=1S/C21H25NO6/c1-2-13-3-5-14(6-4-13)9-15-7-8-16-12-27-21(25)20(24)19(23)18(11-22-26)28-17(16)10-15/h3-8,10,18-21,23-25H,2,9,11-12H2,1H3/t18?,19-,20-,21?/m1/s1. The summed E-state index contributed by atoms with van der Waals surface area (Å²) in [6.07, 6.45) is -4.16. The molecule has 2 aromatic carbocycles. The van der Waals surface area contributed by atoms with E-state index in [2.05, 4.69) is 36.4 Å². The molecule has 0 aliphatic carbocycles. The van der Waals surface area contributed by atoms with E-state index >= 15 is 0 Å². The Morgan fingerprint density at radius 1 is 1.00 bits per heavy atom. The molecule has 3 rings (SSSR count). The second-order valence-corrected chi connectivity index (χ2v) is 6.94. The number of aliphatic hydroxyl groups is 3. The molecule has 1 aliphatic rings. The molecule has 0 saturated heterocycles. The predicted molar refractivity (Wildman–Crippen MR) is 103 cm³/mol. The third-order valence-corrected chi connectivity index (χ3v) is 4.94. The van der Waals surface area contributed by atoms with Gasteiger partial charge in [0.15, 0.2) is 12.4 Å². The molecule has 7 heteroatoms. The fourth-order valence-corrected chi connectivity index (χ4v) is 3.18. The zero-order valence-electron chi connectivity index (χ0n) is 15.7. The van der Waals surface area contributed by atoms with E-state index in [-0.39, 0.29) is 13.2 Å². The van der Waals surface area contributed by atoms with E-state index in [1.54, 1.807) is 0 Å². The van der Waals surface area contributed by atoms with Gasteiger partial charge in [-0.3, -0.25) is 0 Å². The molecule has 0 aromatic heterocycles. The lowest BCUT2D eigenvalue weighted by Gasteiger charge is -2.26. The highest BCUT2D eigenvalue weighted by molar-refractivity contribution is 5.40.